The topological polar surface area (TPSA) is 38.0 Å². The van der Waals surface area contributed by atoms with Crippen molar-refractivity contribution in [3.8, 4) is 0 Å². The first kappa shape index (κ1) is 15.6. The molecule has 1 aromatic carbocycles. The predicted molar refractivity (Wildman–Crippen MR) is 72.8 cm³/mol. The van der Waals surface area contributed by atoms with Gasteiger partial charge in [0, 0.05) is 25.2 Å². The summed E-state index contributed by atoms with van der Waals surface area (Å²) < 4.78 is 40.5. The monoisotopic (exact) mass is 298 g/mol. The largest absolute Gasteiger partial charge is 0.416 e. The van der Waals surface area contributed by atoms with Gasteiger partial charge in [0.15, 0.2) is 0 Å². The molecule has 21 heavy (non-hydrogen) atoms. The van der Waals surface area contributed by atoms with Crippen molar-refractivity contribution in [2.75, 3.05) is 0 Å². The highest BCUT2D eigenvalue weighted by atomic mass is 19.4. The van der Waals surface area contributed by atoms with Crippen LogP contribution in [0.15, 0.2) is 36.7 Å². The Morgan fingerprint density at radius 3 is 2.67 bits per heavy atom. The average Bonchev–Trinajstić information content (AvgIpc) is 2.85. The molecule has 0 bridgehead atoms. The molecular formula is C15H17F3N2O. The predicted octanol–water partition coefficient (Wildman–Crippen LogP) is 3.07. The van der Waals surface area contributed by atoms with Crippen molar-refractivity contribution < 1.29 is 18.3 Å². The fourth-order valence-electron chi connectivity index (χ4n) is 2.34. The van der Waals surface area contributed by atoms with Crippen molar-refractivity contribution in [2.45, 2.75) is 38.6 Å². The fraction of sp³-hybridized carbons (Fsp3) is 0.400. The normalized spacial score (nSPS) is 13.4. The Morgan fingerprint density at radius 2 is 2.00 bits per heavy atom. The van der Waals surface area contributed by atoms with Crippen molar-refractivity contribution in [3.05, 3.63) is 53.6 Å². The van der Waals surface area contributed by atoms with Crippen LogP contribution >= 0.6 is 0 Å². The maximum atomic E-state index is 12.9. The van der Waals surface area contributed by atoms with Gasteiger partial charge in [-0.2, -0.15) is 13.2 Å². The Balaban J connectivity index is 2.12. The number of benzene rings is 1. The molecule has 114 valence electrons. The van der Waals surface area contributed by atoms with Gasteiger partial charge in [0.1, 0.15) is 5.82 Å². The van der Waals surface area contributed by atoms with Crippen LogP contribution in [-0.2, 0) is 25.6 Å². The molecule has 0 saturated heterocycles. The number of imidazole rings is 1. The quantitative estimate of drug-likeness (QED) is 0.921. The lowest BCUT2D eigenvalue weighted by Crippen LogP contribution is -2.21. The van der Waals surface area contributed by atoms with Gasteiger partial charge in [-0.1, -0.05) is 25.1 Å². The van der Waals surface area contributed by atoms with Crippen molar-refractivity contribution in [1.29, 1.82) is 0 Å². The number of aliphatic hydroxyl groups excluding tert-OH is 1. The van der Waals surface area contributed by atoms with Gasteiger partial charge < -0.3 is 9.67 Å². The molecule has 0 saturated carbocycles. The van der Waals surface area contributed by atoms with Crippen LogP contribution in [-0.4, -0.2) is 20.8 Å². The van der Waals surface area contributed by atoms with Gasteiger partial charge in [-0.25, -0.2) is 4.98 Å². The van der Waals surface area contributed by atoms with E-state index in [1.807, 2.05) is 6.92 Å². The van der Waals surface area contributed by atoms with Crippen LogP contribution in [0.3, 0.4) is 0 Å². The second-order valence-corrected chi connectivity index (χ2v) is 4.86. The van der Waals surface area contributed by atoms with Gasteiger partial charge in [-0.15, -0.1) is 0 Å². The fourth-order valence-corrected chi connectivity index (χ4v) is 2.34. The lowest BCUT2D eigenvalue weighted by Gasteiger charge is -2.17. The third-order valence-corrected chi connectivity index (χ3v) is 3.30. The molecule has 0 amide bonds. The van der Waals surface area contributed by atoms with E-state index in [0.29, 0.717) is 6.42 Å². The lowest BCUT2D eigenvalue weighted by molar-refractivity contribution is -0.138. The molecule has 0 radical (unpaired) electrons. The molecule has 2 rings (SSSR count). The van der Waals surface area contributed by atoms with E-state index >= 15 is 0 Å². The van der Waals surface area contributed by atoms with Crippen LogP contribution in [0.2, 0.25) is 0 Å². The minimum atomic E-state index is -4.40. The van der Waals surface area contributed by atoms with E-state index in [2.05, 4.69) is 4.98 Å². The number of rotatable bonds is 5. The highest BCUT2D eigenvalue weighted by Crippen LogP contribution is 2.32. The van der Waals surface area contributed by atoms with Crippen molar-refractivity contribution in [1.82, 2.24) is 9.55 Å². The van der Waals surface area contributed by atoms with E-state index in [9.17, 15) is 18.3 Å². The molecule has 1 aromatic heterocycles. The molecule has 1 atom stereocenters. The van der Waals surface area contributed by atoms with Gasteiger partial charge in [0.2, 0.25) is 0 Å². The molecule has 0 fully saturated rings. The molecule has 1 heterocycles. The zero-order chi connectivity index (χ0) is 15.5. The average molecular weight is 298 g/mol. The van der Waals surface area contributed by atoms with Crippen LogP contribution in [0.4, 0.5) is 13.2 Å². The molecule has 0 aliphatic heterocycles. The highest BCUT2D eigenvalue weighted by Gasteiger charge is 2.33. The number of nitrogens with zero attached hydrogens (tertiary/aromatic N) is 2. The summed E-state index contributed by atoms with van der Waals surface area (Å²) in [6.45, 7) is 2.17. The van der Waals surface area contributed by atoms with Crippen LogP contribution in [0.1, 0.15) is 23.9 Å². The second-order valence-electron chi connectivity index (χ2n) is 4.86. The van der Waals surface area contributed by atoms with Crippen molar-refractivity contribution >= 4 is 0 Å². The van der Waals surface area contributed by atoms with E-state index in [1.54, 1.807) is 23.0 Å². The maximum Gasteiger partial charge on any atom is 0.416 e. The number of aromatic nitrogens is 2. The molecule has 3 nitrogen and oxygen atoms in total. The Labute approximate surface area is 121 Å². The lowest BCUT2D eigenvalue weighted by atomic mass is 10.0. The summed E-state index contributed by atoms with van der Waals surface area (Å²) in [4.78, 5) is 4.12. The van der Waals surface area contributed by atoms with Crippen molar-refractivity contribution in [3.63, 3.8) is 0 Å². The molecule has 6 heteroatoms. The summed E-state index contributed by atoms with van der Waals surface area (Å²) in [5.41, 5.74) is -0.582. The number of alkyl halides is 3. The zero-order valence-electron chi connectivity index (χ0n) is 11.6. The molecule has 2 aromatic rings. The first-order chi connectivity index (χ1) is 9.91. The first-order valence-electron chi connectivity index (χ1n) is 6.75. The Hall–Kier alpha value is -1.82. The Kier molecular flexibility index (Phi) is 4.67. The third-order valence-electron chi connectivity index (χ3n) is 3.30. The van der Waals surface area contributed by atoms with E-state index in [-0.39, 0.29) is 18.5 Å². The molecular weight excluding hydrogens is 281 g/mol. The Bertz CT molecular complexity index is 593. The van der Waals surface area contributed by atoms with Crippen LogP contribution in [0.25, 0.3) is 0 Å². The summed E-state index contributed by atoms with van der Waals surface area (Å²) in [6, 6.07) is 5.34. The van der Waals surface area contributed by atoms with Crippen LogP contribution in [0.5, 0.6) is 0 Å². The second kappa shape index (κ2) is 6.30. The minimum absolute atomic E-state index is 0.0446. The summed E-state index contributed by atoms with van der Waals surface area (Å²) in [5.74, 6) is 0.804. The van der Waals surface area contributed by atoms with Crippen LogP contribution in [0, 0.1) is 0 Å². The SMILES string of the molecule is CCc1nccn1CC(O)Cc1ccccc1C(F)(F)F. The number of halogens is 3. The number of aliphatic hydroxyl groups is 1. The van der Waals surface area contributed by atoms with Gasteiger partial charge in [0.25, 0.3) is 0 Å². The number of aryl methyl sites for hydroxylation is 1. The van der Waals surface area contributed by atoms with Gasteiger partial charge in [0.05, 0.1) is 18.2 Å². The maximum absolute atomic E-state index is 12.9. The summed E-state index contributed by atoms with van der Waals surface area (Å²) >= 11 is 0. The molecule has 0 aliphatic rings. The van der Waals surface area contributed by atoms with Crippen molar-refractivity contribution in [2.24, 2.45) is 0 Å². The molecule has 0 spiro atoms. The van der Waals surface area contributed by atoms with Gasteiger partial charge in [-0.3, -0.25) is 0 Å². The van der Waals surface area contributed by atoms with E-state index in [4.69, 9.17) is 0 Å². The van der Waals surface area contributed by atoms with Gasteiger partial charge >= 0.3 is 6.18 Å². The van der Waals surface area contributed by atoms with Gasteiger partial charge in [-0.05, 0) is 11.6 Å². The van der Waals surface area contributed by atoms with E-state index < -0.39 is 17.8 Å². The third kappa shape index (κ3) is 3.85. The standard InChI is InChI=1S/C15H17F3N2O/c1-2-14-19-7-8-20(14)10-12(21)9-11-5-3-4-6-13(11)15(16,17)18/h3-8,12,21H,2,9-10H2,1H3. The van der Waals surface area contributed by atoms with E-state index in [1.165, 1.54) is 12.1 Å². The number of hydrogen-bond donors (Lipinski definition) is 1. The summed E-state index contributed by atoms with van der Waals surface area (Å²) in [5, 5.41) is 10.1. The smallest absolute Gasteiger partial charge is 0.391 e. The van der Waals surface area contributed by atoms with E-state index in [0.717, 1.165) is 11.9 Å². The molecule has 1 N–H and O–H groups in total. The summed E-state index contributed by atoms with van der Waals surface area (Å²) in [7, 11) is 0. The summed E-state index contributed by atoms with van der Waals surface area (Å²) in [6.07, 6.45) is -1.30. The Morgan fingerprint density at radius 1 is 1.29 bits per heavy atom. The zero-order valence-corrected chi connectivity index (χ0v) is 11.6. The number of hydrogen-bond acceptors (Lipinski definition) is 2. The minimum Gasteiger partial charge on any atom is -0.391 e. The molecule has 1 unspecified atom stereocenters. The highest BCUT2D eigenvalue weighted by molar-refractivity contribution is 5.30. The van der Waals surface area contributed by atoms with Crippen LogP contribution < -0.4 is 0 Å². The first-order valence-corrected chi connectivity index (χ1v) is 6.75. The molecule has 0 aliphatic carbocycles.